The first-order chi connectivity index (χ1) is 8.42. The van der Waals surface area contributed by atoms with Gasteiger partial charge in [-0.3, -0.25) is 4.90 Å². The Kier molecular flexibility index (Phi) is 6.60. The summed E-state index contributed by atoms with van der Waals surface area (Å²) < 4.78 is 22.6. The van der Waals surface area contributed by atoms with Gasteiger partial charge in [0.15, 0.2) is 0 Å². The number of sulfone groups is 1. The third-order valence-corrected chi connectivity index (χ3v) is 4.79. The molecule has 1 unspecified atom stereocenters. The fourth-order valence-corrected chi connectivity index (χ4v) is 4.11. The van der Waals surface area contributed by atoms with Crippen LogP contribution in [0.4, 0.5) is 0 Å². The van der Waals surface area contributed by atoms with E-state index in [1.165, 1.54) is 38.4 Å². The summed E-state index contributed by atoms with van der Waals surface area (Å²) in [6.45, 7) is 3.58. The van der Waals surface area contributed by atoms with Crippen molar-refractivity contribution < 1.29 is 13.5 Å². The predicted octanol–water partition coefficient (Wildman–Crippen LogP) is 1.29. The van der Waals surface area contributed by atoms with Crippen LogP contribution in [0.3, 0.4) is 0 Å². The Bertz CT molecular complexity index is 323. The number of hydrogen-bond acceptors (Lipinski definition) is 4. The Balaban J connectivity index is 2.50. The fourth-order valence-electron chi connectivity index (χ4n) is 2.97. The van der Waals surface area contributed by atoms with Crippen LogP contribution in [-0.4, -0.2) is 56.2 Å². The highest BCUT2D eigenvalue weighted by atomic mass is 32.2. The highest BCUT2D eigenvalue weighted by Gasteiger charge is 2.23. The monoisotopic (exact) mass is 277 g/mol. The normalized spacial score (nSPS) is 20.2. The molecule has 108 valence electrons. The van der Waals surface area contributed by atoms with E-state index in [9.17, 15) is 8.42 Å². The second kappa shape index (κ2) is 7.46. The zero-order valence-corrected chi connectivity index (χ0v) is 12.5. The molecule has 1 atom stereocenters. The SMILES string of the molecule is CC(CN(CCO)C1CCCCC1)CS(C)(=O)=O. The molecule has 5 heteroatoms. The average Bonchev–Trinajstić information content (AvgIpc) is 2.27. The molecule has 1 rings (SSSR count). The first kappa shape index (κ1) is 15.9. The third kappa shape index (κ3) is 6.16. The van der Waals surface area contributed by atoms with Gasteiger partial charge in [-0.15, -0.1) is 0 Å². The molecule has 0 aromatic rings. The maximum atomic E-state index is 11.3. The summed E-state index contributed by atoms with van der Waals surface area (Å²) in [5.41, 5.74) is 0. The fraction of sp³-hybridized carbons (Fsp3) is 1.00. The number of hydrogen-bond donors (Lipinski definition) is 1. The van der Waals surface area contributed by atoms with Crippen LogP contribution in [0, 0.1) is 5.92 Å². The molecule has 0 heterocycles. The second-order valence-corrected chi connectivity index (χ2v) is 7.89. The van der Waals surface area contributed by atoms with Crippen molar-refractivity contribution in [1.29, 1.82) is 0 Å². The summed E-state index contributed by atoms with van der Waals surface area (Å²) >= 11 is 0. The van der Waals surface area contributed by atoms with Crippen molar-refractivity contribution in [3.8, 4) is 0 Å². The van der Waals surface area contributed by atoms with Crippen LogP contribution in [0.5, 0.6) is 0 Å². The summed E-state index contributed by atoms with van der Waals surface area (Å²) in [6, 6.07) is 0.535. The van der Waals surface area contributed by atoms with Gasteiger partial charge in [0.25, 0.3) is 0 Å². The summed E-state index contributed by atoms with van der Waals surface area (Å²) in [5, 5.41) is 9.15. The van der Waals surface area contributed by atoms with Crippen molar-refractivity contribution in [2.24, 2.45) is 5.92 Å². The minimum atomic E-state index is -2.90. The Hall–Kier alpha value is -0.130. The Labute approximate surface area is 111 Å². The van der Waals surface area contributed by atoms with Gasteiger partial charge in [-0.2, -0.15) is 0 Å². The minimum Gasteiger partial charge on any atom is -0.395 e. The van der Waals surface area contributed by atoms with Crippen molar-refractivity contribution >= 4 is 9.84 Å². The molecule has 1 aliphatic carbocycles. The van der Waals surface area contributed by atoms with E-state index in [0.29, 0.717) is 12.6 Å². The van der Waals surface area contributed by atoms with E-state index in [0.717, 1.165) is 6.54 Å². The Morgan fingerprint density at radius 3 is 2.39 bits per heavy atom. The molecule has 18 heavy (non-hydrogen) atoms. The van der Waals surface area contributed by atoms with Crippen LogP contribution >= 0.6 is 0 Å². The molecule has 1 saturated carbocycles. The van der Waals surface area contributed by atoms with E-state index in [1.807, 2.05) is 6.92 Å². The molecule has 0 aliphatic heterocycles. The largest absolute Gasteiger partial charge is 0.395 e. The zero-order valence-electron chi connectivity index (χ0n) is 11.6. The summed E-state index contributed by atoms with van der Waals surface area (Å²) in [5.74, 6) is 0.371. The van der Waals surface area contributed by atoms with Gasteiger partial charge in [0, 0.05) is 25.4 Å². The lowest BCUT2D eigenvalue weighted by atomic mass is 9.93. The summed E-state index contributed by atoms with van der Waals surface area (Å²) in [4.78, 5) is 2.29. The Morgan fingerprint density at radius 1 is 1.28 bits per heavy atom. The smallest absolute Gasteiger partial charge is 0.147 e. The molecule has 0 amide bonds. The maximum Gasteiger partial charge on any atom is 0.147 e. The van der Waals surface area contributed by atoms with Crippen molar-refractivity contribution in [1.82, 2.24) is 4.90 Å². The number of aliphatic hydroxyl groups is 1. The van der Waals surface area contributed by atoms with E-state index in [2.05, 4.69) is 4.90 Å². The quantitative estimate of drug-likeness (QED) is 0.762. The van der Waals surface area contributed by atoms with E-state index in [-0.39, 0.29) is 18.3 Å². The molecule has 0 spiro atoms. The van der Waals surface area contributed by atoms with Gasteiger partial charge in [0.05, 0.1) is 12.4 Å². The molecule has 0 saturated heterocycles. The lowest BCUT2D eigenvalue weighted by molar-refractivity contribution is 0.112. The molecule has 1 aliphatic rings. The highest BCUT2D eigenvalue weighted by molar-refractivity contribution is 7.90. The van der Waals surface area contributed by atoms with Gasteiger partial charge in [-0.05, 0) is 18.8 Å². The number of aliphatic hydroxyl groups excluding tert-OH is 1. The van der Waals surface area contributed by atoms with Crippen LogP contribution in [0.1, 0.15) is 39.0 Å². The highest BCUT2D eigenvalue weighted by Crippen LogP contribution is 2.23. The standard InChI is InChI=1S/C13H27NO3S/c1-12(11-18(2,16)17)10-14(8-9-15)13-6-4-3-5-7-13/h12-13,15H,3-11H2,1-2H3. The molecule has 4 nitrogen and oxygen atoms in total. The molecular weight excluding hydrogens is 250 g/mol. The van der Waals surface area contributed by atoms with E-state index in [1.54, 1.807) is 0 Å². The maximum absolute atomic E-state index is 11.3. The average molecular weight is 277 g/mol. The van der Waals surface area contributed by atoms with Crippen LogP contribution in [0.25, 0.3) is 0 Å². The topological polar surface area (TPSA) is 57.6 Å². The van der Waals surface area contributed by atoms with E-state index >= 15 is 0 Å². The first-order valence-electron chi connectivity index (χ1n) is 6.95. The van der Waals surface area contributed by atoms with Crippen LogP contribution < -0.4 is 0 Å². The van der Waals surface area contributed by atoms with Gasteiger partial charge in [-0.1, -0.05) is 26.2 Å². The van der Waals surface area contributed by atoms with Crippen LogP contribution in [-0.2, 0) is 9.84 Å². The lowest BCUT2D eigenvalue weighted by Gasteiger charge is -2.35. The summed E-state index contributed by atoms with van der Waals surface area (Å²) in [7, 11) is -2.90. The van der Waals surface area contributed by atoms with Crippen molar-refractivity contribution in [2.45, 2.75) is 45.1 Å². The van der Waals surface area contributed by atoms with Crippen molar-refractivity contribution in [2.75, 3.05) is 31.7 Å². The van der Waals surface area contributed by atoms with E-state index < -0.39 is 9.84 Å². The number of nitrogens with zero attached hydrogens (tertiary/aromatic N) is 1. The van der Waals surface area contributed by atoms with Gasteiger partial charge >= 0.3 is 0 Å². The molecule has 1 N–H and O–H groups in total. The Morgan fingerprint density at radius 2 is 1.89 bits per heavy atom. The lowest BCUT2D eigenvalue weighted by Crippen LogP contribution is -2.42. The molecule has 1 fully saturated rings. The molecule has 0 radical (unpaired) electrons. The van der Waals surface area contributed by atoms with E-state index in [4.69, 9.17) is 5.11 Å². The summed E-state index contributed by atoms with van der Waals surface area (Å²) in [6.07, 6.45) is 7.49. The van der Waals surface area contributed by atoms with Crippen LogP contribution in [0.15, 0.2) is 0 Å². The van der Waals surface area contributed by atoms with Gasteiger partial charge in [0.1, 0.15) is 9.84 Å². The third-order valence-electron chi connectivity index (χ3n) is 3.61. The first-order valence-corrected chi connectivity index (χ1v) is 9.01. The molecule has 0 aromatic carbocycles. The zero-order chi connectivity index (χ0) is 13.6. The molecule has 0 bridgehead atoms. The van der Waals surface area contributed by atoms with Crippen LogP contribution in [0.2, 0.25) is 0 Å². The van der Waals surface area contributed by atoms with Crippen molar-refractivity contribution in [3.63, 3.8) is 0 Å². The van der Waals surface area contributed by atoms with Gasteiger partial charge in [-0.25, -0.2) is 8.42 Å². The number of rotatable bonds is 7. The predicted molar refractivity (Wildman–Crippen MR) is 74.4 cm³/mol. The molecule has 0 aromatic heterocycles. The van der Waals surface area contributed by atoms with Crippen molar-refractivity contribution in [3.05, 3.63) is 0 Å². The van der Waals surface area contributed by atoms with Gasteiger partial charge in [0.2, 0.25) is 0 Å². The van der Waals surface area contributed by atoms with Gasteiger partial charge < -0.3 is 5.11 Å². The second-order valence-electron chi connectivity index (χ2n) is 5.71. The molecular formula is C13H27NO3S. The minimum absolute atomic E-state index is 0.133.